The Kier molecular flexibility index (Phi) is 17.9. The molecule has 702 valence electrons. The van der Waals surface area contributed by atoms with Crippen LogP contribution >= 0.6 is 42.4 Å². The van der Waals surface area contributed by atoms with E-state index in [2.05, 4.69) is 470 Å². The molecule has 19 aromatic carbocycles. The summed E-state index contributed by atoms with van der Waals surface area (Å²) in [4.78, 5) is 9.10. The number of rotatable bonds is 9. The van der Waals surface area contributed by atoms with Crippen molar-refractivity contribution >= 4 is 113 Å². The van der Waals surface area contributed by atoms with Crippen LogP contribution in [0.5, 0.6) is 5.75 Å². The molecule has 7 aliphatic carbocycles. The molecule has 0 saturated carbocycles. The van der Waals surface area contributed by atoms with Gasteiger partial charge in [0.15, 0.2) is 7.14 Å². The van der Waals surface area contributed by atoms with Gasteiger partial charge >= 0.3 is 0 Å². The summed E-state index contributed by atoms with van der Waals surface area (Å²) in [7, 11) is -3.62. The van der Waals surface area contributed by atoms with Crippen LogP contribution in [0.2, 0.25) is 0 Å². The second kappa shape index (κ2) is 31.5. The maximum atomic E-state index is 17.5. The van der Waals surface area contributed by atoms with Gasteiger partial charge in [0.1, 0.15) is 17.6 Å². The SMILES string of the molecule is CC12CC=C(N3C4=C(C=CCC4)C4C=CC5=C(Oc6ccccc6C56c5ccccc5-c5c(-c7ccc8ccc(-c9ccc(-n%10c%11ccccc%11c%11ccc%12c(c%11%10)Sc%10ccccc%10C%12%10c%11ccccc%11-c%11c(-c%12cccc(P(=O)(c%13ccccc%13)c%13ccc(-n%14c%15c(c%16ccc%17c(c%16%14)Sc%14ccccc%14C%17%14c%16ccccc%16-c%16ccccc%16%14)C=CCC%15)cc%13)c%12)cccc%11%10)cc9)cc8c7)cccc56)C43)C=C1c1ccccc1S2. The number of para-hydroxylation sites is 2. The lowest BCUT2D eigenvalue weighted by Crippen LogP contribution is -2.44. The van der Waals surface area contributed by atoms with E-state index in [9.17, 15) is 0 Å². The van der Waals surface area contributed by atoms with Crippen molar-refractivity contribution in [1.29, 1.82) is 0 Å². The molecule has 21 aromatic rings. The van der Waals surface area contributed by atoms with Crippen LogP contribution in [-0.2, 0) is 27.2 Å². The largest absolute Gasteiger partial charge is 0.459 e. The monoisotopic (exact) mass is 1970 g/mol. The highest BCUT2D eigenvalue weighted by molar-refractivity contribution is 8.01. The second-order valence-electron chi connectivity index (χ2n) is 42.2. The quantitative estimate of drug-likeness (QED) is 0.134. The molecule has 149 heavy (non-hydrogen) atoms. The van der Waals surface area contributed by atoms with Crippen molar-refractivity contribution in [3.8, 4) is 83.9 Å². The van der Waals surface area contributed by atoms with Crippen LogP contribution in [0, 0.1) is 5.92 Å². The predicted molar refractivity (Wildman–Crippen MR) is 615 cm³/mol. The number of nitrogens with zero attached hydrogens (tertiary/aromatic N) is 3. The molecule has 6 unspecified atom stereocenters. The van der Waals surface area contributed by atoms with Crippen molar-refractivity contribution in [3.63, 3.8) is 0 Å². The third kappa shape index (κ3) is 11.3. The fraction of sp³-hybridized carbons (Fsp3) is 0.0857. The summed E-state index contributed by atoms with van der Waals surface area (Å²) in [6.45, 7) is 2.44. The fourth-order valence-electron chi connectivity index (χ4n) is 29.1. The fourth-order valence-corrected chi connectivity index (χ4v) is 35.8. The first-order chi connectivity index (χ1) is 73.6. The van der Waals surface area contributed by atoms with Crippen molar-refractivity contribution in [1.82, 2.24) is 14.0 Å². The third-order valence-electron chi connectivity index (χ3n) is 35.2. The summed E-state index contributed by atoms with van der Waals surface area (Å²) in [5, 5.41) is 8.42. The number of hydrogen-bond acceptors (Lipinski definition) is 6. The van der Waals surface area contributed by atoms with Gasteiger partial charge in [0, 0.05) is 112 Å². The Morgan fingerprint density at radius 1 is 0.369 bits per heavy atom. The minimum atomic E-state index is -3.62. The molecular formula is C140H92N3O2PS3. The molecule has 3 spiro atoms. The third-order valence-corrected chi connectivity index (χ3v) is 42.1. The van der Waals surface area contributed by atoms with E-state index in [-0.39, 0.29) is 16.7 Å². The van der Waals surface area contributed by atoms with Gasteiger partial charge in [0.05, 0.1) is 32.8 Å². The van der Waals surface area contributed by atoms with Gasteiger partial charge in [-0.1, -0.05) is 400 Å². The van der Waals surface area contributed by atoms with Crippen LogP contribution in [-0.4, -0.2) is 24.8 Å². The minimum Gasteiger partial charge on any atom is -0.459 e. The molecule has 0 fully saturated rings. The van der Waals surface area contributed by atoms with Crippen molar-refractivity contribution in [2.45, 2.75) is 90.5 Å². The van der Waals surface area contributed by atoms with Crippen LogP contribution in [0.3, 0.4) is 0 Å². The first kappa shape index (κ1) is 85.0. The van der Waals surface area contributed by atoms with Crippen molar-refractivity contribution in [2.75, 3.05) is 0 Å². The molecule has 0 amide bonds. The second-order valence-corrected chi connectivity index (χ2v) is 48.6. The highest BCUT2D eigenvalue weighted by Gasteiger charge is 2.59. The van der Waals surface area contributed by atoms with Gasteiger partial charge in [-0.2, -0.15) is 0 Å². The molecule has 33 rings (SSSR count). The number of aromatic nitrogens is 2. The number of fused-ring (bicyclic) bond motifs is 41. The Bertz CT molecular complexity index is 9880. The molecule has 5 nitrogen and oxygen atoms in total. The van der Waals surface area contributed by atoms with E-state index >= 15 is 4.57 Å². The maximum Gasteiger partial charge on any atom is 0.171 e. The normalized spacial score (nSPS) is 20.0. The smallest absolute Gasteiger partial charge is 0.171 e. The number of benzene rings is 19. The van der Waals surface area contributed by atoms with E-state index < -0.39 is 23.4 Å². The molecule has 12 aliphatic rings. The highest BCUT2D eigenvalue weighted by Crippen LogP contribution is 2.70. The summed E-state index contributed by atoms with van der Waals surface area (Å²) < 4.78 is 30.3. The van der Waals surface area contributed by atoms with Crippen LogP contribution in [0.25, 0.3) is 133 Å². The van der Waals surface area contributed by atoms with E-state index in [1.807, 2.05) is 53.5 Å². The average Bonchev–Trinajstić information content (AvgIpc) is 1.52. The van der Waals surface area contributed by atoms with E-state index in [0.29, 0.717) is 0 Å². The highest BCUT2D eigenvalue weighted by atomic mass is 32.2. The summed E-state index contributed by atoms with van der Waals surface area (Å²) in [6.07, 6.45) is 24.4. The average molecular weight is 1980 g/mol. The molecule has 9 heteroatoms. The predicted octanol–water partition coefficient (Wildman–Crippen LogP) is 33.8. The zero-order valence-corrected chi connectivity index (χ0v) is 84.8. The topological polar surface area (TPSA) is 39.4 Å². The Hall–Kier alpha value is -16.2. The zero-order chi connectivity index (χ0) is 97.6. The van der Waals surface area contributed by atoms with Crippen LogP contribution in [0.1, 0.15) is 111 Å². The first-order valence-electron chi connectivity index (χ1n) is 52.4. The summed E-state index contributed by atoms with van der Waals surface area (Å²) in [6, 6.07) is 157. The molecule has 5 aliphatic heterocycles. The summed E-state index contributed by atoms with van der Waals surface area (Å²) >= 11 is 5.83. The standard InChI is InChI=1S/C140H92N3O2PS3/c1-137-79-78-92(83-121(137)106-39-12-24-57-126(106)149-137)143-124-55-22-9-36-100(124)103-72-75-118-134(131(103)143)145-125-56-23-17-48-113(125)139(118)111-46-15-7-40-107(111)130-97(43-29-51-116(130)139)88-63-61-85-60-62-86(80-89(85)81-88)84-64-66-90(67-65-84)141-122-53-20-10-37-101(122)105-74-77-120-136(133(105)141)148-128-59-26-19-50-115(128)140(120)112-47-16-8-41-108(112)129-96(42-28-52-117(129)140)87-30-27-33-95(82-87)146(144,93-31-3-2-4-32-93)94-70-68-91(69-71-94)142-123-54-21-11-38-102(123)104-73-76-119-135(132(104)142)147-127-58-25-18-49-114(127)138(119)109-44-13-5-34-98(109)99-35-6-14-45-110(99)138/h2-20,23-53,56-78,80-83,103,131H,21-22,54-55,79H2,1H3. The maximum absolute atomic E-state index is 17.5. The first-order valence-corrected chi connectivity index (χ1v) is 56.6. The lowest BCUT2D eigenvalue weighted by atomic mass is 9.63. The van der Waals surface area contributed by atoms with Crippen LogP contribution in [0.4, 0.5) is 0 Å². The zero-order valence-electron chi connectivity index (χ0n) is 81.5. The van der Waals surface area contributed by atoms with Gasteiger partial charge < -0.3 is 23.3 Å². The molecule has 7 heterocycles. The number of ether oxygens (including phenoxy) is 1. The molecular weight excluding hydrogens is 1880 g/mol. The van der Waals surface area contributed by atoms with Crippen LogP contribution in [0.15, 0.2) is 514 Å². The summed E-state index contributed by atoms with van der Waals surface area (Å²) in [5.41, 5.74) is 42.8. The molecule has 0 saturated heterocycles. The van der Waals surface area contributed by atoms with Gasteiger partial charge in [0.2, 0.25) is 0 Å². The minimum absolute atomic E-state index is 0.0232. The Morgan fingerprint density at radius 2 is 0.886 bits per heavy atom. The van der Waals surface area contributed by atoms with Crippen LogP contribution < -0.4 is 20.7 Å². The van der Waals surface area contributed by atoms with Gasteiger partial charge in [0.25, 0.3) is 0 Å². The molecule has 2 aromatic heterocycles. The van der Waals surface area contributed by atoms with Crippen molar-refractivity contribution < 1.29 is 9.30 Å². The van der Waals surface area contributed by atoms with E-state index in [0.717, 1.165) is 98.7 Å². The molecule has 0 N–H and O–H groups in total. The van der Waals surface area contributed by atoms with Gasteiger partial charge in [-0.25, -0.2) is 0 Å². The van der Waals surface area contributed by atoms with E-state index in [1.165, 1.54) is 213 Å². The number of allylic oxidation sites excluding steroid dienone is 8. The lowest BCUT2D eigenvalue weighted by Gasteiger charge is -2.46. The molecule has 0 bridgehead atoms. The lowest BCUT2D eigenvalue weighted by molar-refractivity contribution is 0.244. The summed E-state index contributed by atoms with van der Waals surface area (Å²) in [5.74, 6) is 2.08. The van der Waals surface area contributed by atoms with Gasteiger partial charge in [-0.3, -0.25) is 0 Å². The Balaban J connectivity index is 0.481. The van der Waals surface area contributed by atoms with E-state index in [4.69, 9.17) is 4.74 Å². The number of thioether (sulfide) groups is 1. The van der Waals surface area contributed by atoms with E-state index in [1.54, 1.807) is 0 Å². The Labute approximate surface area is 877 Å². The van der Waals surface area contributed by atoms with Gasteiger partial charge in [-0.05, 0) is 280 Å². The van der Waals surface area contributed by atoms with Gasteiger partial charge in [-0.15, -0.1) is 11.8 Å². The number of hydrogen-bond donors (Lipinski definition) is 0. The molecule has 6 atom stereocenters. The Morgan fingerprint density at radius 3 is 1.60 bits per heavy atom. The van der Waals surface area contributed by atoms with Crippen molar-refractivity contribution in [2.24, 2.45) is 5.92 Å². The molecule has 0 radical (unpaired) electrons. The van der Waals surface area contributed by atoms with Crippen molar-refractivity contribution in [3.05, 3.63) is 567 Å².